The first-order valence-electron chi connectivity index (χ1n) is 7.70. The first kappa shape index (κ1) is 11.0. The van der Waals surface area contributed by atoms with Crippen molar-refractivity contribution >= 4 is 0 Å². The lowest BCUT2D eigenvalue weighted by Crippen LogP contribution is -2.16. The van der Waals surface area contributed by atoms with E-state index in [1.165, 1.54) is 44.1 Å². The molecule has 0 amide bonds. The highest BCUT2D eigenvalue weighted by Crippen LogP contribution is 2.61. The van der Waals surface area contributed by atoms with Crippen LogP contribution in [0, 0.1) is 17.8 Å². The maximum absolute atomic E-state index is 6.52. The molecule has 3 saturated carbocycles. The molecule has 1 aromatic rings. The number of hydrogen-bond acceptors (Lipinski definition) is 1. The van der Waals surface area contributed by atoms with E-state index >= 15 is 0 Å². The predicted molar refractivity (Wildman–Crippen MR) is 74.3 cm³/mol. The predicted octanol–water partition coefficient (Wildman–Crippen LogP) is 4.00. The van der Waals surface area contributed by atoms with Crippen molar-refractivity contribution < 1.29 is 0 Å². The van der Waals surface area contributed by atoms with Gasteiger partial charge < -0.3 is 5.73 Å². The van der Waals surface area contributed by atoms with Crippen molar-refractivity contribution in [3.63, 3.8) is 0 Å². The van der Waals surface area contributed by atoms with Gasteiger partial charge >= 0.3 is 0 Å². The molecule has 2 N–H and O–H groups in total. The lowest BCUT2D eigenvalue weighted by molar-refractivity contribution is 0.418. The van der Waals surface area contributed by atoms with E-state index in [1.807, 2.05) is 0 Å². The Morgan fingerprint density at radius 2 is 1.72 bits per heavy atom. The fourth-order valence-electron chi connectivity index (χ4n) is 4.39. The highest BCUT2D eigenvalue weighted by molar-refractivity contribution is 5.31. The molecule has 0 aliphatic heterocycles. The van der Waals surface area contributed by atoms with Gasteiger partial charge in [-0.2, -0.15) is 0 Å². The Hall–Kier alpha value is -0.820. The zero-order valence-corrected chi connectivity index (χ0v) is 11.0. The molecule has 0 bridgehead atoms. The van der Waals surface area contributed by atoms with Crippen molar-refractivity contribution in [2.75, 3.05) is 0 Å². The normalized spacial score (nSPS) is 35.9. The highest BCUT2D eigenvalue weighted by atomic mass is 14.7. The number of nitrogens with two attached hydrogens (primary N) is 1. The molecule has 0 spiro atoms. The molecule has 1 nitrogen and oxygen atoms in total. The Labute approximate surface area is 110 Å². The van der Waals surface area contributed by atoms with Crippen molar-refractivity contribution in [2.45, 2.75) is 50.5 Å². The lowest BCUT2D eigenvalue weighted by atomic mass is 9.79. The number of rotatable bonds is 3. The third-order valence-electron chi connectivity index (χ3n) is 5.76. The quantitative estimate of drug-likeness (QED) is 0.850. The van der Waals surface area contributed by atoms with Crippen LogP contribution in [0.3, 0.4) is 0 Å². The van der Waals surface area contributed by atoms with Crippen LogP contribution in [0.4, 0.5) is 0 Å². The monoisotopic (exact) mass is 241 g/mol. The van der Waals surface area contributed by atoms with Crippen LogP contribution in [0.15, 0.2) is 24.3 Å². The van der Waals surface area contributed by atoms with Crippen LogP contribution in [-0.2, 0) is 0 Å². The van der Waals surface area contributed by atoms with Gasteiger partial charge in [0.05, 0.1) is 0 Å². The van der Waals surface area contributed by atoms with E-state index in [0.29, 0.717) is 6.04 Å². The van der Waals surface area contributed by atoms with Crippen LogP contribution in [0.5, 0.6) is 0 Å². The van der Waals surface area contributed by atoms with Crippen LogP contribution in [-0.4, -0.2) is 0 Å². The van der Waals surface area contributed by atoms with E-state index in [2.05, 4.69) is 24.3 Å². The van der Waals surface area contributed by atoms with E-state index in [1.54, 1.807) is 5.56 Å². The van der Waals surface area contributed by atoms with Crippen LogP contribution in [0.1, 0.15) is 61.6 Å². The summed E-state index contributed by atoms with van der Waals surface area (Å²) in [7, 11) is 0. The third kappa shape index (κ3) is 1.64. The molecule has 96 valence electrons. The summed E-state index contributed by atoms with van der Waals surface area (Å²) in [6.07, 6.45) is 8.49. The minimum atomic E-state index is 0.306. The maximum Gasteiger partial charge on any atom is 0.0329 e. The molecule has 0 saturated heterocycles. The SMILES string of the molecule is NC(c1cccc(C2CCC2)c1)C1C2CCCC21. The van der Waals surface area contributed by atoms with Crippen molar-refractivity contribution in [3.05, 3.63) is 35.4 Å². The molecular formula is C17H23N. The zero-order valence-electron chi connectivity index (χ0n) is 11.0. The summed E-state index contributed by atoms with van der Waals surface area (Å²) in [5.41, 5.74) is 9.46. The molecule has 1 heteroatoms. The van der Waals surface area contributed by atoms with Crippen LogP contribution < -0.4 is 5.73 Å². The molecule has 3 unspecified atom stereocenters. The number of benzene rings is 1. The van der Waals surface area contributed by atoms with E-state index in [4.69, 9.17) is 5.73 Å². The maximum atomic E-state index is 6.52. The molecule has 4 rings (SSSR count). The average molecular weight is 241 g/mol. The first-order chi connectivity index (χ1) is 8.84. The van der Waals surface area contributed by atoms with E-state index in [9.17, 15) is 0 Å². The molecule has 18 heavy (non-hydrogen) atoms. The smallest absolute Gasteiger partial charge is 0.0329 e. The molecule has 3 aliphatic carbocycles. The zero-order chi connectivity index (χ0) is 12.1. The van der Waals surface area contributed by atoms with Gasteiger partial charge in [0.25, 0.3) is 0 Å². The van der Waals surface area contributed by atoms with E-state index in [0.717, 1.165) is 23.7 Å². The number of hydrogen-bond donors (Lipinski definition) is 1. The van der Waals surface area contributed by atoms with Gasteiger partial charge in [-0.25, -0.2) is 0 Å². The molecule has 0 radical (unpaired) electrons. The van der Waals surface area contributed by atoms with E-state index < -0.39 is 0 Å². The summed E-state index contributed by atoms with van der Waals surface area (Å²) in [5, 5.41) is 0. The molecule has 3 aliphatic rings. The van der Waals surface area contributed by atoms with Gasteiger partial charge in [-0.15, -0.1) is 0 Å². The minimum absolute atomic E-state index is 0.306. The van der Waals surface area contributed by atoms with Crippen LogP contribution in [0.2, 0.25) is 0 Å². The van der Waals surface area contributed by atoms with Gasteiger partial charge in [-0.05, 0) is 60.5 Å². The summed E-state index contributed by atoms with van der Waals surface area (Å²) in [5.74, 6) is 3.56. The molecule has 3 atom stereocenters. The fourth-order valence-corrected chi connectivity index (χ4v) is 4.39. The second-order valence-electron chi connectivity index (χ2n) is 6.66. The van der Waals surface area contributed by atoms with Crippen LogP contribution in [0.25, 0.3) is 0 Å². The topological polar surface area (TPSA) is 26.0 Å². The fraction of sp³-hybridized carbons (Fsp3) is 0.647. The Morgan fingerprint density at radius 1 is 1.00 bits per heavy atom. The minimum Gasteiger partial charge on any atom is -0.324 e. The summed E-state index contributed by atoms with van der Waals surface area (Å²) < 4.78 is 0. The highest BCUT2D eigenvalue weighted by Gasteiger charge is 2.55. The summed E-state index contributed by atoms with van der Waals surface area (Å²) >= 11 is 0. The molecule has 1 aromatic carbocycles. The Kier molecular flexibility index (Phi) is 2.51. The standard InChI is InChI=1S/C17H23N/c18-17(16-14-8-3-9-15(14)16)13-7-2-6-12(10-13)11-4-1-5-11/h2,6-7,10-11,14-17H,1,3-5,8-9,18H2. The Bertz CT molecular complexity index is 439. The third-order valence-corrected chi connectivity index (χ3v) is 5.76. The summed E-state index contributed by atoms with van der Waals surface area (Å²) in [6, 6.07) is 9.48. The largest absolute Gasteiger partial charge is 0.324 e. The summed E-state index contributed by atoms with van der Waals surface area (Å²) in [6.45, 7) is 0. The molecule has 3 fully saturated rings. The second-order valence-corrected chi connectivity index (χ2v) is 6.66. The number of fused-ring (bicyclic) bond motifs is 1. The Morgan fingerprint density at radius 3 is 2.39 bits per heavy atom. The average Bonchev–Trinajstić information content (AvgIpc) is 2.79. The van der Waals surface area contributed by atoms with Gasteiger partial charge in [-0.3, -0.25) is 0 Å². The van der Waals surface area contributed by atoms with Crippen molar-refractivity contribution in [3.8, 4) is 0 Å². The van der Waals surface area contributed by atoms with E-state index in [-0.39, 0.29) is 0 Å². The lowest BCUT2D eigenvalue weighted by Gasteiger charge is -2.27. The van der Waals surface area contributed by atoms with Gasteiger partial charge in [0.2, 0.25) is 0 Å². The van der Waals surface area contributed by atoms with Crippen molar-refractivity contribution in [1.82, 2.24) is 0 Å². The van der Waals surface area contributed by atoms with Crippen LogP contribution >= 0.6 is 0 Å². The second kappa shape index (κ2) is 4.09. The molecule has 0 aromatic heterocycles. The summed E-state index contributed by atoms with van der Waals surface area (Å²) in [4.78, 5) is 0. The Balaban J connectivity index is 1.53. The van der Waals surface area contributed by atoms with Gasteiger partial charge in [0.15, 0.2) is 0 Å². The van der Waals surface area contributed by atoms with Gasteiger partial charge in [0, 0.05) is 6.04 Å². The first-order valence-corrected chi connectivity index (χ1v) is 7.70. The van der Waals surface area contributed by atoms with Crippen molar-refractivity contribution in [1.29, 1.82) is 0 Å². The molecular weight excluding hydrogens is 218 g/mol. The molecule has 0 heterocycles. The van der Waals surface area contributed by atoms with Gasteiger partial charge in [-0.1, -0.05) is 37.1 Å². The van der Waals surface area contributed by atoms with Gasteiger partial charge in [0.1, 0.15) is 0 Å². The van der Waals surface area contributed by atoms with Crippen molar-refractivity contribution in [2.24, 2.45) is 23.5 Å².